The maximum atomic E-state index is 15.4. The number of aromatic nitrogens is 4. The van der Waals surface area contributed by atoms with Crippen LogP contribution >= 0.6 is 11.6 Å². The molecule has 3 aliphatic rings. The van der Waals surface area contributed by atoms with Crippen LogP contribution in [0.5, 0.6) is 5.75 Å². The summed E-state index contributed by atoms with van der Waals surface area (Å²) in [5, 5.41) is 16.9. The van der Waals surface area contributed by atoms with Crippen molar-refractivity contribution in [2.75, 3.05) is 64.4 Å². The number of nitrogens with one attached hydrogen (secondary N) is 2. The monoisotopic (exact) mass is 923 g/mol. The summed E-state index contributed by atoms with van der Waals surface area (Å²) in [5.41, 5.74) is 4.93. The number of nitro benzene ring substituents is 1. The van der Waals surface area contributed by atoms with E-state index in [0.29, 0.717) is 48.5 Å². The van der Waals surface area contributed by atoms with E-state index in [0.717, 1.165) is 73.2 Å². The minimum absolute atomic E-state index is 0.0214. The molecule has 2 aliphatic heterocycles. The minimum Gasteiger partial charge on any atom is -0.483 e. The van der Waals surface area contributed by atoms with E-state index in [4.69, 9.17) is 16.3 Å². The molecule has 2 N–H and O–H groups in total. The molecule has 0 atom stereocenters. The average Bonchev–Trinajstić information content (AvgIpc) is 3.93. The quantitative estimate of drug-likeness (QED) is 0.0896. The van der Waals surface area contributed by atoms with Crippen LogP contribution in [0, 0.1) is 15.5 Å². The molecule has 0 radical (unpaired) electrons. The lowest BCUT2D eigenvalue weighted by Gasteiger charge is -2.39. The van der Waals surface area contributed by atoms with Crippen molar-refractivity contribution < 1.29 is 27.3 Å². The number of halogens is 2. The van der Waals surface area contributed by atoms with Gasteiger partial charge < -0.3 is 14.5 Å². The van der Waals surface area contributed by atoms with Crippen molar-refractivity contribution in [2.24, 2.45) is 5.41 Å². The third-order valence-electron chi connectivity index (χ3n) is 13.1. The fraction of sp³-hybridized carbons (Fsp3) is 0.383. The summed E-state index contributed by atoms with van der Waals surface area (Å²) in [6, 6.07) is 20.1. The average molecular weight is 924 g/mol. The number of piperazine rings is 1. The molecular formula is C47H51ClFN9O6S. The first-order valence-electron chi connectivity index (χ1n) is 21.8. The van der Waals surface area contributed by atoms with Crippen LogP contribution in [0.2, 0.25) is 5.02 Å². The van der Waals surface area contributed by atoms with E-state index in [1.54, 1.807) is 29.2 Å². The first kappa shape index (κ1) is 44.3. The summed E-state index contributed by atoms with van der Waals surface area (Å²) in [5.74, 6) is -1.23. The van der Waals surface area contributed by atoms with Crippen LogP contribution in [-0.4, -0.2) is 114 Å². The largest absolute Gasteiger partial charge is 0.483 e. The Kier molecular flexibility index (Phi) is 11.9. The number of fused-ring (bicyclic) bond motifs is 2. The topological polar surface area (TPSA) is 172 Å². The van der Waals surface area contributed by atoms with E-state index >= 15 is 4.39 Å². The number of nitro groups is 1. The molecule has 340 valence electrons. The highest BCUT2D eigenvalue weighted by Gasteiger charge is 2.36. The summed E-state index contributed by atoms with van der Waals surface area (Å²) in [4.78, 5) is 40.7. The highest BCUT2D eigenvalue weighted by Crippen LogP contribution is 2.43. The van der Waals surface area contributed by atoms with Crippen LogP contribution in [0.25, 0.3) is 33.3 Å². The molecule has 2 fully saturated rings. The predicted octanol–water partition coefficient (Wildman–Crippen LogP) is 8.18. The summed E-state index contributed by atoms with van der Waals surface area (Å²) in [7, 11) is -2.78. The number of sulfonamides is 1. The molecule has 1 amide bonds. The SMILES string of the molecule is CN1CCC(F)(COc2ccc(S(=O)(=O)NC(=O)c3ccc(N4CCN(CC5=C(c6ccc(Cl)cc6)CC(C)(C)CC5)CC4)cc3-n3[nH]cc4nc5nccc5cc43)cc2[N+](=O)[O-])CC1. The number of ether oxygens (including phenoxy) is 1. The van der Waals surface area contributed by atoms with Gasteiger partial charge in [0.05, 0.1) is 26.6 Å². The van der Waals surface area contributed by atoms with Crippen LogP contribution in [0.4, 0.5) is 15.8 Å². The Morgan fingerprint density at radius 2 is 1.74 bits per heavy atom. The van der Waals surface area contributed by atoms with Crippen molar-refractivity contribution in [2.45, 2.75) is 56.5 Å². The third kappa shape index (κ3) is 9.46. The molecule has 3 aromatic heterocycles. The highest BCUT2D eigenvalue weighted by atomic mass is 35.5. The Morgan fingerprint density at radius 1 is 0.985 bits per heavy atom. The van der Waals surface area contributed by atoms with E-state index in [9.17, 15) is 23.3 Å². The number of likely N-dealkylation sites (tertiary alicyclic amines) is 1. The molecule has 2 saturated heterocycles. The summed E-state index contributed by atoms with van der Waals surface area (Å²) < 4.78 is 52.5. The van der Waals surface area contributed by atoms with Crippen molar-refractivity contribution in [3.8, 4) is 11.4 Å². The van der Waals surface area contributed by atoms with E-state index < -0.39 is 43.7 Å². The number of rotatable bonds is 12. The van der Waals surface area contributed by atoms with Crippen LogP contribution in [0.15, 0.2) is 95.7 Å². The number of alkyl halides is 1. The fourth-order valence-electron chi connectivity index (χ4n) is 9.14. The number of pyridine rings is 1. The summed E-state index contributed by atoms with van der Waals surface area (Å²) in [6.45, 7) is 9.18. The second-order valence-corrected chi connectivity index (χ2v) is 20.4. The molecule has 0 spiro atoms. The molecule has 3 aromatic carbocycles. The first-order chi connectivity index (χ1) is 31.0. The number of amides is 1. The molecular weight excluding hydrogens is 873 g/mol. The number of anilines is 1. The van der Waals surface area contributed by atoms with Crippen LogP contribution in [-0.2, 0) is 10.0 Å². The molecule has 9 rings (SSSR count). The van der Waals surface area contributed by atoms with Gasteiger partial charge in [-0.15, -0.1) is 0 Å². The van der Waals surface area contributed by atoms with Gasteiger partial charge in [-0.05, 0) is 110 Å². The number of nitrogens with zero attached hydrogens (tertiary/aromatic N) is 7. The molecule has 1 aliphatic carbocycles. The number of carbonyl (C=O) groups excluding carboxylic acids is 1. The second-order valence-electron chi connectivity index (χ2n) is 18.3. The molecule has 0 saturated carbocycles. The molecule has 65 heavy (non-hydrogen) atoms. The number of benzene rings is 3. The van der Waals surface area contributed by atoms with E-state index in [2.05, 4.69) is 55.6 Å². The molecule has 18 heteroatoms. The second kappa shape index (κ2) is 17.5. The van der Waals surface area contributed by atoms with Gasteiger partial charge in [-0.2, -0.15) is 0 Å². The van der Waals surface area contributed by atoms with E-state index in [-0.39, 0.29) is 29.6 Å². The van der Waals surface area contributed by atoms with Crippen molar-refractivity contribution in [1.29, 1.82) is 0 Å². The van der Waals surface area contributed by atoms with Gasteiger partial charge in [0, 0.05) is 80.4 Å². The number of H-pyrrole nitrogens is 1. The minimum atomic E-state index is -4.67. The van der Waals surface area contributed by atoms with Crippen LogP contribution in [0.3, 0.4) is 0 Å². The lowest BCUT2D eigenvalue weighted by Crippen LogP contribution is -2.47. The third-order valence-corrected chi connectivity index (χ3v) is 14.7. The smallest absolute Gasteiger partial charge is 0.312 e. The van der Waals surface area contributed by atoms with Gasteiger partial charge in [0.2, 0.25) is 0 Å². The van der Waals surface area contributed by atoms with Gasteiger partial charge in [0.25, 0.3) is 15.9 Å². The lowest BCUT2D eigenvalue weighted by molar-refractivity contribution is -0.386. The predicted molar refractivity (Wildman–Crippen MR) is 249 cm³/mol. The zero-order valence-electron chi connectivity index (χ0n) is 36.5. The van der Waals surface area contributed by atoms with Crippen LogP contribution in [0.1, 0.15) is 61.9 Å². The zero-order chi connectivity index (χ0) is 45.7. The Hall–Kier alpha value is -5.88. The maximum absolute atomic E-state index is 15.4. The van der Waals surface area contributed by atoms with Crippen molar-refractivity contribution in [3.05, 3.63) is 117 Å². The molecule has 15 nitrogen and oxygen atoms in total. The van der Waals surface area contributed by atoms with Crippen molar-refractivity contribution in [3.63, 3.8) is 0 Å². The molecule has 5 heterocycles. The normalized spacial score (nSPS) is 18.3. The number of piperidine rings is 1. The molecule has 0 bridgehead atoms. The standard InChI is InChI=1S/C47H51ClFN9O6S/c1-46(2)14-12-33(38(27-46)31-4-6-34(48)7-5-31)29-55-20-22-56(23-21-55)35-8-10-37(40(25-35)57-41-24-32-13-17-50-44(32)52-39(41)28-51-57)45(59)53-65(62,63)36-9-11-43(42(26-36)58(60)61)64-30-47(49)15-18-54(3)19-16-47/h4-11,13,17,24-26,28,51H,12,14-16,18-23,27,29-30H2,1-3H3,(H,53,59). The van der Waals surface area contributed by atoms with Gasteiger partial charge in [-0.3, -0.25) is 29.6 Å². The fourth-order valence-corrected chi connectivity index (χ4v) is 10.3. The zero-order valence-corrected chi connectivity index (χ0v) is 38.1. The Labute approximate surface area is 381 Å². The van der Waals surface area contributed by atoms with Crippen molar-refractivity contribution in [1.82, 2.24) is 34.3 Å². The van der Waals surface area contributed by atoms with Gasteiger partial charge in [0.15, 0.2) is 11.4 Å². The number of hydrogen-bond acceptors (Lipinski definition) is 11. The molecule has 0 unspecified atom stereocenters. The number of allylic oxidation sites excluding steroid dienone is 1. The van der Waals surface area contributed by atoms with Gasteiger partial charge in [0.1, 0.15) is 17.8 Å². The maximum Gasteiger partial charge on any atom is 0.312 e. The number of aromatic amines is 1. The Balaban J connectivity index is 0.972. The lowest BCUT2D eigenvalue weighted by atomic mass is 9.72. The highest BCUT2D eigenvalue weighted by molar-refractivity contribution is 7.90. The number of hydrogen-bond donors (Lipinski definition) is 2. The van der Waals surface area contributed by atoms with Gasteiger partial charge in [-0.25, -0.2) is 27.5 Å². The Morgan fingerprint density at radius 3 is 2.48 bits per heavy atom. The van der Waals surface area contributed by atoms with Crippen molar-refractivity contribution >= 4 is 66.5 Å². The van der Waals surface area contributed by atoms with E-state index in [1.165, 1.54) is 16.7 Å². The number of carbonyl (C=O) groups is 1. The summed E-state index contributed by atoms with van der Waals surface area (Å²) >= 11 is 6.25. The van der Waals surface area contributed by atoms with E-state index in [1.807, 2.05) is 42.3 Å². The van der Waals surface area contributed by atoms with Gasteiger partial charge >= 0.3 is 5.69 Å². The van der Waals surface area contributed by atoms with Gasteiger partial charge in [-0.1, -0.05) is 43.2 Å². The van der Waals surface area contributed by atoms with Crippen LogP contribution < -0.4 is 14.4 Å². The first-order valence-corrected chi connectivity index (χ1v) is 23.7. The molecule has 6 aromatic rings. The summed E-state index contributed by atoms with van der Waals surface area (Å²) in [6.07, 6.45) is 6.91. The Bertz CT molecular complexity index is 2940.